The third-order valence-electron chi connectivity index (χ3n) is 2.92. The van der Waals surface area contributed by atoms with Gasteiger partial charge in [0.1, 0.15) is 10.7 Å². The zero-order valence-corrected chi connectivity index (χ0v) is 12.4. The minimum Gasteiger partial charge on any atom is -0.208 e. The number of rotatable bonds is 5. The fourth-order valence-electron chi connectivity index (χ4n) is 1.92. The lowest BCUT2D eigenvalue weighted by atomic mass is 10.2. The van der Waals surface area contributed by atoms with E-state index >= 15 is 0 Å². The summed E-state index contributed by atoms with van der Waals surface area (Å²) in [5, 5.41) is 0. The van der Waals surface area contributed by atoms with E-state index < -0.39 is 15.8 Å². The van der Waals surface area contributed by atoms with Gasteiger partial charge in [-0.05, 0) is 37.5 Å². The smallest absolute Gasteiger partial charge is 0.208 e. The number of benzene rings is 1. The topological polar surface area (TPSA) is 46.2 Å². The van der Waals surface area contributed by atoms with Crippen molar-refractivity contribution in [1.29, 1.82) is 0 Å². The van der Waals surface area contributed by atoms with E-state index in [2.05, 4.69) is 20.7 Å². The Hall–Kier alpha value is -0.460. The monoisotopic (exact) mass is 335 g/mol. The summed E-state index contributed by atoms with van der Waals surface area (Å²) >= 11 is 3.10. The summed E-state index contributed by atoms with van der Waals surface area (Å²) < 4.78 is 40.7. The van der Waals surface area contributed by atoms with E-state index in [1.165, 1.54) is 25.0 Å². The van der Waals surface area contributed by atoms with Crippen molar-refractivity contribution in [2.24, 2.45) is 5.92 Å². The van der Waals surface area contributed by atoms with Crippen molar-refractivity contribution in [3.05, 3.63) is 28.5 Å². The number of halogens is 2. The van der Waals surface area contributed by atoms with Crippen LogP contribution in [0.15, 0.2) is 27.6 Å². The first-order valence-corrected chi connectivity index (χ1v) is 8.13. The molecular formula is C12H15BrFNO2S. The van der Waals surface area contributed by atoms with E-state index in [1.807, 2.05) is 6.92 Å². The molecule has 0 aromatic heterocycles. The van der Waals surface area contributed by atoms with Crippen molar-refractivity contribution in [2.75, 3.05) is 0 Å². The molecule has 3 nitrogen and oxygen atoms in total. The molecule has 1 aromatic rings. The first kappa shape index (κ1) is 14.0. The van der Waals surface area contributed by atoms with Gasteiger partial charge in [0.25, 0.3) is 0 Å². The second-order valence-electron chi connectivity index (χ2n) is 4.78. The first-order valence-electron chi connectivity index (χ1n) is 5.86. The maximum Gasteiger partial charge on any atom is 0.243 e. The molecule has 100 valence electrons. The molecule has 0 aliphatic heterocycles. The van der Waals surface area contributed by atoms with Gasteiger partial charge in [-0.2, -0.15) is 0 Å². The maximum atomic E-state index is 13.6. The summed E-state index contributed by atoms with van der Waals surface area (Å²) in [6.07, 6.45) is 3.15. The highest BCUT2D eigenvalue weighted by molar-refractivity contribution is 9.10. The second-order valence-corrected chi connectivity index (χ2v) is 7.37. The molecule has 1 unspecified atom stereocenters. The lowest BCUT2D eigenvalue weighted by Crippen LogP contribution is -2.33. The molecule has 0 amide bonds. The number of hydrogen-bond acceptors (Lipinski definition) is 2. The predicted molar refractivity (Wildman–Crippen MR) is 71.2 cm³/mol. The van der Waals surface area contributed by atoms with Crippen LogP contribution >= 0.6 is 15.9 Å². The molecule has 1 N–H and O–H groups in total. The van der Waals surface area contributed by atoms with Gasteiger partial charge in [-0.3, -0.25) is 0 Å². The van der Waals surface area contributed by atoms with Gasteiger partial charge in [0.05, 0.1) is 0 Å². The van der Waals surface area contributed by atoms with E-state index in [-0.39, 0.29) is 10.9 Å². The molecule has 1 saturated carbocycles. The van der Waals surface area contributed by atoms with E-state index in [9.17, 15) is 12.8 Å². The van der Waals surface area contributed by atoms with Crippen molar-refractivity contribution in [1.82, 2.24) is 4.72 Å². The minimum atomic E-state index is -3.77. The van der Waals surface area contributed by atoms with Crippen molar-refractivity contribution >= 4 is 26.0 Å². The molecule has 1 atom stereocenters. The molecule has 6 heteroatoms. The molecular weight excluding hydrogens is 321 g/mol. The molecule has 18 heavy (non-hydrogen) atoms. The molecule has 0 saturated heterocycles. The minimum absolute atomic E-state index is 0.162. The van der Waals surface area contributed by atoms with Crippen LogP contribution in [0, 0.1) is 11.7 Å². The van der Waals surface area contributed by atoms with E-state index in [0.29, 0.717) is 10.4 Å². The highest BCUT2D eigenvalue weighted by Gasteiger charge is 2.27. The van der Waals surface area contributed by atoms with Gasteiger partial charge in [-0.1, -0.05) is 28.8 Å². The number of nitrogens with one attached hydrogen (secondary N) is 1. The van der Waals surface area contributed by atoms with Gasteiger partial charge < -0.3 is 0 Å². The lowest BCUT2D eigenvalue weighted by Gasteiger charge is -2.14. The van der Waals surface area contributed by atoms with E-state index in [1.54, 1.807) is 0 Å². The largest absolute Gasteiger partial charge is 0.243 e. The van der Waals surface area contributed by atoms with Crippen LogP contribution in [-0.4, -0.2) is 14.5 Å². The lowest BCUT2D eigenvalue weighted by molar-refractivity contribution is 0.520. The number of sulfonamides is 1. The van der Waals surface area contributed by atoms with Gasteiger partial charge in [0.15, 0.2) is 0 Å². The summed E-state index contributed by atoms with van der Waals surface area (Å²) in [7, 11) is -3.77. The van der Waals surface area contributed by atoms with Crippen LogP contribution in [0.1, 0.15) is 26.2 Å². The summed E-state index contributed by atoms with van der Waals surface area (Å²) in [5.74, 6) is -0.118. The van der Waals surface area contributed by atoms with Gasteiger partial charge in [0, 0.05) is 10.5 Å². The summed E-state index contributed by atoms with van der Waals surface area (Å²) in [6, 6.07) is 3.78. The first-order chi connectivity index (χ1) is 8.38. The summed E-state index contributed by atoms with van der Waals surface area (Å²) in [4.78, 5) is -0.298. The highest BCUT2D eigenvalue weighted by atomic mass is 79.9. The van der Waals surface area contributed by atoms with Gasteiger partial charge in [-0.15, -0.1) is 0 Å². The Labute approximate surface area is 115 Å². The molecule has 0 radical (unpaired) electrons. The van der Waals surface area contributed by atoms with Crippen LogP contribution in [0.4, 0.5) is 4.39 Å². The van der Waals surface area contributed by atoms with Crippen molar-refractivity contribution in [3.8, 4) is 0 Å². The Kier molecular flexibility index (Phi) is 4.08. The summed E-state index contributed by atoms with van der Waals surface area (Å²) in [6.45, 7) is 1.81. The molecule has 0 spiro atoms. The Morgan fingerprint density at radius 3 is 2.72 bits per heavy atom. The third-order valence-corrected chi connectivity index (χ3v) is 5.04. The average Bonchev–Trinajstić information content (AvgIpc) is 2.99. The molecule has 0 bridgehead atoms. The molecule has 2 rings (SSSR count). The summed E-state index contributed by atoms with van der Waals surface area (Å²) in [5.41, 5.74) is 0. The SMILES string of the molecule is CC(CC1CC1)NS(=O)(=O)c1ccc(Br)cc1F. The van der Waals surface area contributed by atoms with Gasteiger partial charge >= 0.3 is 0 Å². The van der Waals surface area contributed by atoms with Gasteiger partial charge in [-0.25, -0.2) is 17.5 Å². The van der Waals surface area contributed by atoms with Crippen LogP contribution in [0.3, 0.4) is 0 Å². The Bertz CT molecular complexity index is 543. The maximum absolute atomic E-state index is 13.6. The molecule has 0 heterocycles. The fourth-order valence-corrected chi connectivity index (χ4v) is 3.57. The van der Waals surface area contributed by atoms with Gasteiger partial charge in [0.2, 0.25) is 10.0 Å². The van der Waals surface area contributed by atoms with Crippen LogP contribution in [0.25, 0.3) is 0 Å². The standard InChI is InChI=1S/C12H15BrFNO2S/c1-8(6-9-2-3-9)15-18(16,17)12-5-4-10(13)7-11(12)14/h4-5,7-9,15H,2-3,6H2,1H3. The quantitative estimate of drug-likeness (QED) is 0.898. The molecule has 1 aromatic carbocycles. The normalized spacial score (nSPS) is 17.7. The van der Waals surface area contributed by atoms with Crippen LogP contribution in [0.2, 0.25) is 0 Å². The second kappa shape index (κ2) is 5.27. The van der Waals surface area contributed by atoms with Crippen molar-refractivity contribution < 1.29 is 12.8 Å². The molecule has 1 fully saturated rings. The van der Waals surface area contributed by atoms with Crippen LogP contribution in [-0.2, 0) is 10.0 Å². The predicted octanol–water partition coefficient (Wildman–Crippen LogP) is 3.06. The van der Waals surface area contributed by atoms with E-state index in [0.717, 1.165) is 12.5 Å². The van der Waals surface area contributed by atoms with Crippen LogP contribution in [0.5, 0.6) is 0 Å². The van der Waals surface area contributed by atoms with Crippen molar-refractivity contribution in [3.63, 3.8) is 0 Å². The van der Waals surface area contributed by atoms with E-state index in [4.69, 9.17) is 0 Å². The molecule has 1 aliphatic carbocycles. The molecule has 1 aliphatic rings. The Morgan fingerprint density at radius 1 is 1.50 bits per heavy atom. The third kappa shape index (κ3) is 3.52. The van der Waals surface area contributed by atoms with Crippen molar-refractivity contribution in [2.45, 2.75) is 37.1 Å². The zero-order chi connectivity index (χ0) is 13.3. The average molecular weight is 336 g/mol. The van der Waals surface area contributed by atoms with Crippen LogP contribution < -0.4 is 4.72 Å². The Balaban J connectivity index is 2.13. The zero-order valence-electron chi connectivity index (χ0n) is 9.99. The number of hydrogen-bond donors (Lipinski definition) is 1. The Morgan fingerprint density at radius 2 is 2.17 bits per heavy atom. The highest BCUT2D eigenvalue weighted by Crippen LogP contribution is 2.33. The fraction of sp³-hybridized carbons (Fsp3) is 0.500.